The molecule has 0 unspecified atom stereocenters. The van der Waals surface area contributed by atoms with Crippen LogP contribution in [0.25, 0.3) is 0 Å². The highest BCUT2D eigenvalue weighted by atomic mass is 19.1. The molecular weight excluding hydrogens is 316 g/mol. The van der Waals surface area contributed by atoms with Gasteiger partial charge in [0.2, 0.25) is 5.91 Å². The van der Waals surface area contributed by atoms with E-state index < -0.39 is 17.9 Å². The lowest BCUT2D eigenvalue weighted by molar-refractivity contribution is -0.117. The molecule has 3 rings (SSSR count). The highest BCUT2D eigenvalue weighted by molar-refractivity contribution is 5.97. The van der Waals surface area contributed by atoms with Gasteiger partial charge in [-0.1, -0.05) is 12.1 Å². The van der Waals surface area contributed by atoms with E-state index in [0.29, 0.717) is 5.69 Å². The van der Waals surface area contributed by atoms with Crippen molar-refractivity contribution < 1.29 is 18.4 Å². The molecule has 2 aromatic carbocycles. The summed E-state index contributed by atoms with van der Waals surface area (Å²) in [5.74, 6) is -1.09. The van der Waals surface area contributed by atoms with E-state index in [2.05, 4.69) is 10.6 Å². The molecule has 1 fully saturated rings. The monoisotopic (exact) mass is 331 g/mol. The number of para-hydroxylation sites is 1. The van der Waals surface area contributed by atoms with Gasteiger partial charge in [-0.3, -0.25) is 4.79 Å². The summed E-state index contributed by atoms with van der Waals surface area (Å²) in [5.41, 5.74) is 0.634. The van der Waals surface area contributed by atoms with Crippen LogP contribution in [0.1, 0.15) is 6.42 Å². The number of urea groups is 1. The summed E-state index contributed by atoms with van der Waals surface area (Å²) >= 11 is 0. The molecule has 0 bridgehead atoms. The largest absolute Gasteiger partial charge is 0.333 e. The minimum absolute atomic E-state index is 0.0646. The van der Waals surface area contributed by atoms with Crippen LogP contribution in [0.4, 0.5) is 25.0 Å². The summed E-state index contributed by atoms with van der Waals surface area (Å²) in [5, 5.41) is 5.05. The number of hydrogen-bond donors (Lipinski definition) is 2. The first kappa shape index (κ1) is 15.9. The van der Waals surface area contributed by atoms with Crippen molar-refractivity contribution in [3.63, 3.8) is 0 Å². The van der Waals surface area contributed by atoms with Crippen LogP contribution in [0, 0.1) is 11.6 Å². The standard InChI is InChI=1S/C17H15F2N3O2/c18-11-5-7-13(8-6-11)22-10-12(9-16(22)23)20-17(24)21-15-4-2-1-3-14(15)19/h1-8,12H,9-10H2,(H2,20,21,24)/t12-/m0/s1. The lowest BCUT2D eigenvalue weighted by Crippen LogP contribution is -2.39. The zero-order valence-electron chi connectivity index (χ0n) is 12.6. The number of amides is 3. The normalized spacial score (nSPS) is 17.0. The van der Waals surface area contributed by atoms with E-state index in [1.54, 1.807) is 6.07 Å². The third-order valence-corrected chi connectivity index (χ3v) is 3.72. The molecule has 1 heterocycles. The number of nitrogens with one attached hydrogen (secondary N) is 2. The smallest absolute Gasteiger partial charge is 0.319 e. The van der Waals surface area contributed by atoms with Crippen LogP contribution in [0.5, 0.6) is 0 Å². The Morgan fingerprint density at radius 3 is 2.50 bits per heavy atom. The Hall–Kier alpha value is -2.96. The van der Waals surface area contributed by atoms with Crippen LogP contribution in [0.15, 0.2) is 48.5 Å². The van der Waals surface area contributed by atoms with E-state index in [4.69, 9.17) is 0 Å². The van der Waals surface area contributed by atoms with Crippen molar-refractivity contribution in [3.05, 3.63) is 60.2 Å². The fourth-order valence-corrected chi connectivity index (χ4v) is 2.58. The molecule has 0 spiro atoms. The molecule has 0 aromatic heterocycles. The van der Waals surface area contributed by atoms with Gasteiger partial charge in [-0.2, -0.15) is 0 Å². The lowest BCUT2D eigenvalue weighted by atomic mass is 10.2. The van der Waals surface area contributed by atoms with Crippen molar-refractivity contribution in [2.45, 2.75) is 12.5 Å². The number of anilines is 2. The number of halogens is 2. The molecule has 0 radical (unpaired) electrons. The van der Waals surface area contributed by atoms with Crippen molar-refractivity contribution in [2.24, 2.45) is 0 Å². The molecule has 2 N–H and O–H groups in total. The van der Waals surface area contributed by atoms with Crippen LogP contribution < -0.4 is 15.5 Å². The SMILES string of the molecule is O=C(Nc1ccccc1F)N[C@H]1CC(=O)N(c2ccc(F)cc2)C1. The Bertz CT molecular complexity index is 765. The van der Waals surface area contributed by atoms with E-state index in [-0.39, 0.29) is 30.4 Å². The summed E-state index contributed by atoms with van der Waals surface area (Å²) in [6, 6.07) is 10.4. The molecule has 124 valence electrons. The van der Waals surface area contributed by atoms with Gasteiger partial charge in [-0.05, 0) is 36.4 Å². The molecule has 1 aliphatic rings. The number of nitrogens with zero attached hydrogens (tertiary/aromatic N) is 1. The quantitative estimate of drug-likeness (QED) is 0.908. The number of carbonyl (C=O) groups is 2. The first-order valence-corrected chi connectivity index (χ1v) is 7.41. The summed E-state index contributed by atoms with van der Waals surface area (Å²) < 4.78 is 26.5. The number of benzene rings is 2. The molecule has 3 amide bonds. The van der Waals surface area contributed by atoms with Crippen LogP contribution >= 0.6 is 0 Å². The highest BCUT2D eigenvalue weighted by Crippen LogP contribution is 2.22. The third kappa shape index (κ3) is 3.51. The number of rotatable bonds is 3. The average molecular weight is 331 g/mol. The first-order valence-electron chi connectivity index (χ1n) is 7.41. The summed E-state index contributed by atoms with van der Waals surface area (Å²) in [6.07, 6.45) is 0.127. The molecule has 5 nitrogen and oxygen atoms in total. The third-order valence-electron chi connectivity index (χ3n) is 3.72. The van der Waals surface area contributed by atoms with Crippen LogP contribution in [0.2, 0.25) is 0 Å². The fourth-order valence-electron chi connectivity index (χ4n) is 2.58. The van der Waals surface area contributed by atoms with Crippen molar-refractivity contribution in [2.75, 3.05) is 16.8 Å². The molecule has 7 heteroatoms. The van der Waals surface area contributed by atoms with Crippen molar-refractivity contribution in [3.8, 4) is 0 Å². The summed E-state index contributed by atoms with van der Waals surface area (Å²) in [7, 11) is 0. The molecule has 0 aliphatic carbocycles. The Kier molecular flexibility index (Phi) is 4.41. The molecule has 1 atom stereocenters. The second-order valence-corrected chi connectivity index (χ2v) is 5.46. The van der Waals surface area contributed by atoms with E-state index in [9.17, 15) is 18.4 Å². The molecule has 1 saturated heterocycles. The van der Waals surface area contributed by atoms with Gasteiger partial charge in [0.1, 0.15) is 11.6 Å². The van der Waals surface area contributed by atoms with Crippen LogP contribution in [-0.4, -0.2) is 24.5 Å². The minimum atomic E-state index is -0.584. The van der Waals surface area contributed by atoms with Crippen LogP contribution in [-0.2, 0) is 4.79 Å². The minimum Gasteiger partial charge on any atom is -0.333 e. The maximum Gasteiger partial charge on any atom is 0.319 e. The number of carbonyl (C=O) groups excluding carboxylic acids is 2. The molecular formula is C17H15F2N3O2. The topological polar surface area (TPSA) is 61.4 Å². The van der Waals surface area contributed by atoms with Gasteiger partial charge < -0.3 is 15.5 Å². The number of hydrogen-bond acceptors (Lipinski definition) is 2. The molecule has 1 aliphatic heterocycles. The fraction of sp³-hybridized carbons (Fsp3) is 0.176. The van der Waals surface area contributed by atoms with Gasteiger partial charge in [0.15, 0.2) is 0 Å². The van der Waals surface area contributed by atoms with Crippen molar-refractivity contribution in [1.29, 1.82) is 0 Å². The zero-order chi connectivity index (χ0) is 17.1. The van der Waals surface area contributed by atoms with Gasteiger partial charge in [0.25, 0.3) is 0 Å². The van der Waals surface area contributed by atoms with Gasteiger partial charge in [0, 0.05) is 18.7 Å². The first-order chi connectivity index (χ1) is 11.5. The highest BCUT2D eigenvalue weighted by Gasteiger charge is 2.31. The maximum atomic E-state index is 13.5. The molecule has 0 saturated carbocycles. The predicted molar refractivity (Wildman–Crippen MR) is 85.7 cm³/mol. The Morgan fingerprint density at radius 1 is 1.08 bits per heavy atom. The predicted octanol–water partition coefficient (Wildman–Crippen LogP) is 2.89. The summed E-state index contributed by atoms with van der Waals surface area (Å²) in [4.78, 5) is 25.5. The van der Waals surface area contributed by atoms with E-state index in [0.717, 1.165) is 0 Å². The van der Waals surface area contributed by atoms with Crippen molar-refractivity contribution in [1.82, 2.24) is 5.32 Å². The van der Waals surface area contributed by atoms with E-state index >= 15 is 0 Å². The Morgan fingerprint density at radius 2 is 1.79 bits per heavy atom. The average Bonchev–Trinajstić information content (AvgIpc) is 2.90. The second-order valence-electron chi connectivity index (χ2n) is 5.46. The van der Waals surface area contributed by atoms with E-state index in [1.807, 2.05) is 0 Å². The van der Waals surface area contributed by atoms with Gasteiger partial charge in [-0.15, -0.1) is 0 Å². The molecule has 24 heavy (non-hydrogen) atoms. The lowest BCUT2D eigenvalue weighted by Gasteiger charge is -2.17. The van der Waals surface area contributed by atoms with Gasteiger partial charge >= 0.3 is 6.03 Å². The summed E-state index contributed by atoms with van der Waals surface area (Å²) in [6.45, 7) is 0.273. The van der Waals surface area contributed by atoms with E-state index in [1.165, 1.54) is 47.4 Å². The maximum absolute atomic E-state index is 13.5. The van der Waals surface area contributed by atoms with Crippen LogP contribution in [0.3, 0.4) is 0 Å². The van der Waals surface area contributed by atoms with Crippen molar-refractivity contribution >= 4 is 23.3 Å². The van der Waals surface area contributed by atoms with Gasteiger partial charge in [0.05, 0.1) is 11.7 Å². The Balaban J connectivity index is 1.61. The molecule has 2 aromatic rings. The Labute approximate surface area is 137 Å². The second kappa shape index (κ2) is 6.66. The van der Waals surface area contributed by atoms with Gasteiger partial charge in [-0.25, -0.2) is 13.6 Å². The zero-order valence-corrected chi connectivity index (χ0v) is 12.6.